The van der Waals surface area contributed by atoms with Gasteiger partial charge in [0, 0.05) is 5.41 Å². The summed E-state index contributed by atoms with van der Waals surface area (Å²) >= 11 is 0. The van der Waals surface area contributed by atoms with E-state index < -0.39 is 0 Å². The molecule has 0 fully saturated rings. The first-order valence-electron chi connectivity index (χ1n) is 10.5. The van der Waals surface area contributed by atoms with Gasteiger partial charge in [0.1, 0.15) is 0 Å². The van der Waals surface area contributed by atoms with Crippen LogP contribution in [0.1, 0.15) is 22.3 Å². The Balaban J connectivity index is 1.56. The zero-order valence-corrected chi connectivity index (χ0v) is 16.9. The summed E-state index contributed by atoms with van der Waals surface area (Å²) in [4.78, 5) is 0. The molecule has 0 unspecified atom stereocenters. The van der Waals surface area contributed by atoms with Crippen molar-refractivity contribution in [3.8, 4) is 0 Å². The SMILES string of the molecule is C(=CC1(C=Cc2ccccc2)C=Cc2cc3ccccc3cc2C1)c1ccccc1. The predicted octanol–water partition coefficient (Wildman–Crippen LogP) is 7.82. The summed E-state index contributed by atoms with van der Waals surface area (Å²) in [5.74, 6) is 0. The molecule has 0 heterocycles. The summed E-state index contributed by atoms with van der Waals surface area (Å²) < 4.78 is 0. The maximum Gasteiger partial charge on any atom is 0.0292 e. The van der Waals surface area contributed by atoms with Crippen molar-refractivity contribution < 1.29 is 0 Å². The van der Waals surface area contributed by atoms with Crippen LogP contribution < -0.4 is 0 Å². The lowest BCUT2D eigenvalue weighted by atomic mass is 9.74. The van der Waals surface area contributed by atoms with E-state index in [1.165, 1.54) is 33.0 Å². The first-order chi connectivity index (χ1) is 14.8. The van der Waals surface area contributed by atoms with Crippen molar-refractivity contribution in [1.29, 1.82) is 0 Å². The number of hydrogen-bond donors (Lipinski definition) is 0. The van der Waals surface area contributed by atoms with Crippen molar-refractivity contribution >= 4 is 29.0 Å². The van der Waals surface area contributed by atoms with Gasteiger partial charge in [0.15, 0.2) is 0 Å². The fourth-order valence-corrected chi connectivity index (χ4v) is 4.16. The molecule has 0 aromatic heterocycles. The fourth-order valence-electron chi connectivity index (χ4n) is 4.16. The van der Waals surface area contributed by atoms with E-state index in [0.29, 0.717) is 0 Å². The van der Waals surface area contributed by atoms with E-state index in [1.807, 2.05) is 0 Å². The first kappa shape index (κ1) is 18.4. The second-order valence-corrected chi connectivity index (χ2v) is 8.01. The highest BCUT2D eigenvalue weighted by Crippen LogP contribution is 2.38. The van der Waals surface area contributed by atoms with Crippen molar-refractivity contribution in [2.75, 3.05) is 0 Å². The number of fused-ring (bicyclic) bond motifs is 2. The van der Waals surface area contributed by atoms with Crippen LogP contribution in [-0.2, 0) is 6.42 Å². The Morgan fingerprint density at radius 2 is 1.13 bits per heavy atom. The zero-order valence-electron chi connectivity index (χ0n) is 16.9. The Morgan fingerprint density at radius 1 is 0.600 bits per heavy atom. The summed E-state index contributed by atoms with van der Waals surface area (Å²) in [5.41, 5.74) is 5.02. The smallest absolute Gasteiger partial charge is 0.0292 e. The van der Waals surface area contributed by atoms with Crippen LogP contribution in [0, 0.1) is 5.41 Å². The van der Waals surface area contributed by atoms with Crippen LogP contribution in [0.3, 0.4) is 0 Å². The van der Waals surface area contributed by atoms with E-state index in [4.69, 9.17) is 0 Å². The Kier molecular flexibility index (Phi) is 4.91. The van der Waals surface area contributed by atoms with Gasteiger partial charge in [-0.3, -0.25) is 0 Å². The first-order valence-corrected chi connectivity index (χ1v) is 10.5. The summed E-state index contributed by atoms with van der Waals surface area (Å²) in [6, 6.07) is 34.4. The molecule has 0 aliphatic heterocycles. The molecule has 0 atom stereocenters. The molecule has 1 aliphatic rings. The highest BCUT2D eigenvalue weighted by Gasteiger charge is 2.26. The van der Waals surface area contributed by atoms with Crippen molar-refractivity contribution in [3.63, 3.8) is 0 Å². The van der Waals surface area contributed by atoms with Crippen molar-refractivity contribution in [3.05, 3.63) is 138 Å². The Hall–Kier alpha value is -3.64. The van der Waals surface area contributed by atoms with Crippen molar-refractivity contribution in [1.82, 2.24) is 0 Å². The summed E-state index contributed by atoms with van der Waals surface area (Å²) in [6.07, 6.45) is 14.8. The number of rotatable bonds is 4. The van der Waals surface area contributed by atoms with Crippen molar-refractivity contribution in [2.45, 2.75) is 6.42 Å². The monoisotopic (exact) mass is 384 g/mol. The molecule has 30 heavy (non-hydrogen) atoms. The molecule has 0 radical (unpaired) electrons. The molecule has 0 saturated heterocycles. The van der Waals surface area contributed by atoms with Gasteiger partial charge in [-0.1, -0.05) is 127 Å². The number of allylic oxidation sites excluding steroid dienone is 3. The summed E-state index contributed by atoms with van der Waals surface area (Å²) in [5, 5.41) is 2.60. The van der Waals surface area contributed by atoms with Gasteiger partial charge >= 0.3 is 0 Å². The van der Waals surface area contributed by atoms with Crippen LogP contribution in [0.5, 0.6) is 0 Å². The molecule has 0 spiro atoms. The van der Waals surface area contributed by atoms with Gasteiger partial charge in [-0.15, -0.1) is 0 Å². The molecule has 4 aromatic rings. The largest absolute Gasteiger partial charge is 0.0698 e. The molecule has 0 amide bonds. The molecule has 0 heteroatoms. The molecule has 0 saturated carbocycles. The summed E-state index contributed by atoms with van der Waals surface area (Å²) in [6.45, 7) is 0. The maximum absolute atomic E-state index is 2.36. The average Bonchev–Trinajstić information content (AvgIpc) is 2.82. The molecule has 144 valence electrons. The molecule has 4 aromatic carbocycles. The van der Waals surface area contributed by atoms with Gasteiger partial charge < -0.3 is 0 Å². The van der Waals surface area contributed by atoms with Crippen LogP contribution in [-0.4, -0.2) is 0 Å². The van der Waals surface area contributed by atoms with Crippen molar-refractivity contribution in [2.24, 2.45) is 5.41 Å². The highest BCUT2D eigenvalue weighted by atomic mass is 14.3. The molecule has 0 nitrogen and oxygen atoms in total. The maximum atomic E-state index is 2.36. The quantitative estimate of drug-likeness (QED) is 0.336. The van der Waals surface area contributed by atoms with Gasteiger partial charge in [0.2, 0.25) is 0 Å². The second kappa shape index (κ2) is 8.00. The van der Waals surface area contributed by atoms with Gasteiger partial charge in [-0.25, -0.2) is 0 Å². The standard InChI is InChI=1S/C30H24/c1-3-9-24(10-4-1)15-18-30(19-16-25-11-5-2-6-12-25)20-17-28-21-26-13-7-8-14-27(26)22-29(28)23-30/h1-22H,23H2. The van der Waals surface area contributed by atoms with Gasteiger partial charge in [0.25, 0.3) is 0 Å². The highest BCUT2D eigenvalue weighted by molar-refractivity contribution is 5.86. The minimum absolute atomic E-state index is 0.152. The predicted molar refractivity (Wildman–Crippen MR) is 130 cm³/mol. The number of hydrogen-bond acceptors (Lipinski definition) is 0. The normalized spacial score (nSPS) is 18.3. The molecule has 1 aliphatic carbocycles. The third-order valence-electron chi connectivity index (χ3n) is 5.85. The van der Waals surface area contributed by atoms with E-state index in [9.17, 15) is 0 Å². The Bertz CT molecular complexity index is 1190. The minimum atomic E-state index is -0.152. The number of benzene rings is 4. The van der Waals surface area contributed by atoms with E-state index in [0.717, 1.165) is 6.42 Å². The van der Waals surface area contributed by atoms with Crippen LogP contribution in [0.15, 0.2) is 115 Å². The van der Waals surface area contributed by atoms with Crippen LogP contribution in [0.4, 0.5) is 0 Å². The fraction of sp³-hybridized carbons (Fsp3) is 0.0667. The zero-order chi connectivity index (χ0) is 20.2. The lowest BCUT2D eigenvalue weighted by Crippen LogP contribution is -2.19. The van der Waals surface area contributed by atoms with E-state index in [-0.39, 0.29) is 5.41 Å². The molecule has 5 rings (SSSR count). The van der Waals surface area contributed by atoms with Crippen LogP contribution >= 0.6 is 0 Å². The molecule has 0 N–H and O–H groups in total. The molecular weight excluding hydrogens is 360 g/mol. The molecule has 0 bridgehead atoms. The third kappa shape index (κ3) is 3.90. The Morgan fingerprint density at radius 3 is 1.73 bits per heavy atom. The van der Waals surface area contributed by atoms with Gasteiger partial charge in [-0.05, 0) is 45.5 Å². The minimum Gasteiger partial charge on any atom is -0.0698 e. The van der Waals surface area contributed by atoms with E-state index in [1.54, 1.807) is 0 Å². The van der Waals surface area contributed by atoms with Crippen LogP contribution in [0.25, 0.3) is 29.0 Å². The van der Waals surface area contributed by atoms with Crippen LogP contribution in [0.2, 0.25) is 0 Å². The topological polar surface area (TPSA) is 0 Å². The van der Waals surface area contributed by atoms with Gasteiger partial charge in [0.05, 0.1) is 0 Å². The van der Waals surface area contributed by atoms with Gasteiger partial charge in [-0.2, -0.15) is 0 Å². The second-order valence-electron chi connectivity index (χ2n) is 8.01. The van der Waals surface area contributed by atoms with E-state index >= 15 is 0 Å². The Labute approximate surface area is 178 Å². The average molecular weight is 385 g/mol. The van der Waals surface area contributed by atoms with E-state index in [2.05, 4.69) is 134 Å². The lowest BCUT2D eigenvalue weighted by Gasteiger charge is -2.29. The summed E-state index contributed by atoms with van der Waals surface area (Å²) in [7, 11) is 0. The lowest BCUT2D eigenvalue weighted by molar-refractivity contribution is 0.626. The third-order valence-corrected chi connectivity index (χ3v) is 5.85. The molecular formula is C30H24.